The number of aromatic nitrogens is 3. The maximum Gasteiger partial charge on any atom is 0.148 e. The summed E-state index contributed by atoms with van der Waals surface area (Å²) >= 11 is 0. The molecule has 0 aliphatic heterocycles. The summed E-state index contributed by atoms with van der Waals surface area (Å²) in [7, 11) is 0. The van der Waals surface area contributed by atoms with Crippen LogP contribution in [0.25, 0.3) is 72.7 Å². The Hall–Kier alpha value is -5.57. The quantitative estimate of drug-likeness (QED) is 0.154. The van der Waals surface area contributed by atoms with Gasteiger partial charge in [0.2, 0.25) is 0 Å². The molecule has 2 heterocycles. The predicted molar refractivity (Wildman–Crippen MR) is 276 cm³/mol. The van der Waals surface area contributed by atoms with Crippen molar-refractivity contribution in [1.82, 2.24) is 14.5 Å². The summed E-state index contributed by atoms with van der Waals surface area (Å²) in [6.07, 6.45) is -0.564. The van der Waals surface area contributed by atoms with E-state index in [-0.39, 0.29) is 77.4 Å². The fourth-order valence-electron chi connectivity index (χ4n) is 8.16. The third-order valence-electron chi connectivity index (χ3n) is 12.2. The molecule has 66 heavy (non-hydrogen) atoms. The van der Waals surface area contributed by atoms with Gasteiger partial charge < -0.3 is 5.11 Å². The number of imidazole rings is 1. The van der Waals surface area contributed by atoms with Gasteiger partial charge in [0.05, 0.1) is 33.3 Å². The summed E-state index contributed by atoms with van der Waals surface area (Å²) in [5, 5.41) is 12.4. The SMILES string of the molecule is [2H]c1nc(-c2[c-]c(-c3cccc4c3nc(-c3cc(C(C)C)cc(C(C)C)c3O)n4-c3ccc(-c4cc(C(C)(C)C)cc(C(C)(C)C)c4)cc3C([2H])([2H])[2H])cc(C(C)(C)C)c2)c([2H])c(-c2c([2H])c([2H])c([2H])c([2H])c2[2H])c1[2H].[Pt]. The number of hydrogen-bond donors (Lipinski definition) is 1. The van der Waals surface area contributed by atoms with Gasteiger partial charge in [0.25, 0.3) is 0 Å². The van der Waals surface area contributed by atoms with Gasteiger partial charge in [-0.1, -0.05) is 180 Å². The van der Waals surface area contributed by atoms with Crippen molar-refractivity contribution in [1.29, 1.82) is 0 Å². The van der Waals surface area contributed by atoms with Crippen molar-refractivity contribution < 1.29 is 41.3 Å². The molecule has 0 fully saturated rings. The number of para-hydroxylation sites is 1. The second-order valence-electron chi connectivity index (χ2n) is 20.9. The summed E-state index contributed by atoms with van der Waals surface area (Å²) in [4.78, 5) is 9.84. The third-order valence-corrected chi connectivity index (χ3v) is 12.2. The first-order valence-electron chi connectivity index (χ1n) is 27.9. The monoisotopic (exact) mass is 1060 g/mol. The van der Waals surface area contributed by atoms with Crippen LogP contribution in [-0.4, -0.2) is 19.6 Å². The van der Waals surface area contributed by atoms with E-state index in [1.54, 1.807) is 12.1 Å². The van der Waals surface area contributed by atoms with E-state index in [0.29, 0.717) is 44.8 Å². The summed E-state index contributed by atoms with van der Waals surface area (Å²) < 4.78 is 98.9. The van der Waals surface area contributed by atoms with Crippen LogP contribution in [0.1, 0.15) is 150 Å². The van der Waals surface area contributed by atoms with Crippen molar-refractivity contribution in [3.63, 3.8) is 0 Å². The summed E-state index contributed by atoms with van der Waals surface area (Å²) in [5.41, 5.74) is 7.75. The molecule has 0 spiro atoms. The Balaban J connectivity index is 0.00000861. The number of aromatic hydroxyl groups is 1. The zero-order valence-electron chi connectivity index (χ0n) is 51.3. The molecule has 0 atom stereocenters. The zero-order valence-corrected chi connectivity index (χ0v) is 42.5. The summed E-state index contributed by atoms with van der Waals surface area (Å²) in [6.45, 7) is 24.6. The number of rotatable bonds is 8. The average molecular weight is 1060 g/mol. The van der Waals surface area contributed by atoms with Crippen LogP contribution < -0.4 is 0 Å². The number of phenols is 1. The number of benzene rings is 6. The van der Waals surface area contributed by atoms with Crippen molar-refractivity contribution in [2.75, 3.05) is 0 Å². The topological polar surface area (TPSA) is 50.9 Å². The zero-order chi connectivity index (χ0) is 56.2. The molecule has 0 aliphatic carbocycles. The van der Waals surface area contributed by atoms with Gasteiger partial charge in [0.15, 0.2) is 0 Å². The Morgan fingerprint density at radius 1 is 0.652 bits per heavy atom. The smallest absolute Gasteiger partial charge is 0.148 e. The van der Waals surface area contributed by atoms with Crippen LogP contribution in [0.2, 0.25) is 0 Å². The molecular weight excluding hydrogens is 986 g/mol. The molecule has 6 aromatic carbocycles. The van der Waals surface area contributed by atoms with Gasteiger partial charge in [-0.15, -0.1) is 29.3 Å². The normalized spacial score (nSPS) is 14.9. The Labute approximate surface area is 424 Å². The van der Waals surface area contributed by atoms with Gasteiger partial charge in [0.1, 0.15) is 11.6 Å². The van der Waals surface area contributed by atoms with Crippen molar-refractivity contribution in [2.24, 2.45) is 0 Å². The molecule has 0 saturated heterocycles. The molecule has 8 aromatic rings. The number of hydrogen-bond acceptors (Lipinski definition) is 3. The first-order chi connectivity index (χ1) is 35.1. The van der Waals surface area contributed by atoms with Crippen LogP contribution in [0.5, 0.6) is 5.75 Å². The molecule has 1 N–H and O–H groups in total. The number of fused-ring (bicyclic) bond motifs is 1. The molecule has 0 unspecified atom stereocenters. The average Bonchev–Trinajstić information content (AvgIpc) is 3.73. The van der Waals surface area contributed by atoms with E-state index < -0.39 is 60.7 Å². The van der Waals surface area contributed by atoms with Crippen molar-refractivity contribution in [3.05, 3.63) is 167 Å². The van der Waals surface area contributed by atoms with E-state index in [1.165, 1.54) is 0 Å². The first-order valence-corrected chi connectivity index (χ1v) is 22.4. The van der Waals surface area contributed by atoms with E-state index in [4.69, 9.17) is 18.7 Å². The molecule has 0 aliphatic rings. The van der Waals surface area contributed by atoms with Gasteiger partial charge in [-0.25, -0.2) is 4.98 Å². The van der Waals surface area contributed by atoms with Gasteiger partial charge in [-0.3, -0.25) is 9.55 Å². The molecule has 4 nitrogen and oxygen atoms in total. The summed E-state index contributed by atoms with van der Waals surface area (Å²) in [6, 6.07) is 24.6. The van der Waals surface area contributed by atoms with Crippen LogP contribution >= 0.6 is 0 Å². The predicted octanol–water partition coefficient (Wildman–Crippen LogP) is 16.7. The maximum absolute atomic E-state index is 12.4. The Kier molecular flexibility index (Phi) is 9.84. The van der Waals surface area contributed by atoms with E-state index in [0.717, 1.165) is 33.4 Å². The molecule has 0 radical (unpaired) electrons. The van der Waals surface area contributed by atoms with Crippen LogP contribution in [-0.2, 0) is 37.3 Å². The molecule has 0 bridgehead atoms. The van der Waals surface area contributed by atoms with E-state index >= 15 is 0 Å². The minimum atomic E-state index is -2.62. The number of pyridine rings is 1. The van der Waals surface area contributed by atoms with Crippen LogP contribution in [0.3, 0.4) is 0 Å². The van der Waals surface area contributed by atoms with Gasteiger partial charge in [0, 0.05) is 37.0 Å². The van der Waals surface area contributed by atoms with E-state index in [1.807, 2.05) is 87.7 Å². The van der Waals surface area contributed by atoms with Crippen LogP contribution in [0, 0.1) is 12.9 Å². The fraction of sp³-hybridized carbons (Fsp3) is 0.311. The van der Waals surface area contributed by atoms with Crippen molar-refractivity contribution in [3.8, 4) is 67.5 Å². The number of phenolic OH excluding ortho intramolecular Hbond substituents is 1. The Morgan fingerprint density at radius 3 is 1.92 bits per heavy atom. The van der Waals surface area contributed by atoms with Gasteiger partial charge in [-0.2, -0.15) is 0 Å². The second kappa shape index (κ2) is 18.3. The molecule has 2 aromatic heterocycles. The largest absolute Gasteiger partial charge is 0.507 e. The van der Waals surface area contributed by atoms with E-state index in [9.17, 15) is 6.48 Å². The maximum atomic E-state index is 12.4. The van der Waals surface area contributed by atoms with E-state index in [2.05, 4.69) is 84.6 Å². The molecule has 0 amide bonds. The van der Waals surface area contributed by atoms with Crippen LogP contribution in [0.15, 0.2) is 127 Å². The van der Waals surface area contributed by atoms with Crippen molar-refractivity contribution in [2.45, 2.75) is 125 Å². The van der Waals surface area contributed by atoms with Gasteiger partial charge in [-0.05, 0) is 115 Å². The molecular formula is C61H66N3OPt-. The van der Waals surface area contributed by atoms with Gasteiger partial charge >= 0.3 is 0 Å². The minimum Gasteiger partial charge on any atom is -0.507 e. The van der Waals surface area contributed by atoms with Crippen molar-refractivity contribution >= 4 is 11.0 Å². The third kappa shape index (κ3) is 9.63. The fourth-order valence-corrected chi connectivity index (χ4v) is 8.16. The minimum absolute atomic E-state index is 0. The molecule has 5 heteroatoms. The molecule has 342 valence electrons. The summed E-state index contributed by atoms with van der Waals surface area (Å²) in [5.74, 6) is 0.308. The van der Waals surface area contributed by atoms with Crippen LogP contribution in [0.4, 0.5) is 0 Å². The second-order valence-corrected chi connectivity index (χ2v) is 20.9. The number of nitrogens with zero attached hydrogens (tertiary/aromatic N) is 3. The first kappa shape index (κ1) is 35.6. The Bertz CT molecular complexity index is 3590. The number of aryl methyl sites for hydroxylation is 1. The molecule has 0 saturated carbocycles. The molecule has 8 rings (SSSR count). The Morgan fingerprint density at radius 2 is 1.30 bits per heavy atom. The standard InChI is InChI=1S/C61H66N3O.Pt/c1-37(2)43-33-51(38(3)4)57(65)52(34-43)58-63-56-50(45-28-46(32-47(31-45)59(6,7)8)53-35-42(25-26-62-53)40-19-16-15-17-20-40)21-18-22-55(56)64(58)54-24-23-41(27-39(54)5)44-29-48(60(9,10)11)36-49(30-44)61(12,13)14;/h15-27,29-38,65H,1-14H3;/q-1;/i5D3,15D,16D,17D,19D,20D,25D,26D,35D;.